The Kier molecular flexibility index (Phi) is 13.2. The van der Waals surface area contributed by atoms with Gasteiger partial charge in [0.15, 0.2) is 0 Å². The van der Waals surface area contributed by atoms with E-state index in [1.165, 1.54) is 51.4 Å². The predicted octanol–water partition coefficient (Wildman–Crippen LogP) is 8.91. The van der Waals surface area contributed by atoms with Crippen molar-refractivity contribution in [2.75, 3.05) is 0 Å². The topological polar surface area (TPSA) is 29.1 Å². The molecular formula is C30H53NO. The summed E-state index contributed by atoms with van der Waals surface area (Å²) in [6, 6.07) is 9.64. The van der Waals surface area contributed by atoms with Gasteiger partial charge >= 0.3 is 0 Å². The zero-order chi connectivity index (χ0) is 24.1. The van der Waals surface area contributed by atoms with Crippen molar-refractivity contribution in [3.8, 4) is 0 Å². The molecule has 0 aliphatic heterocycles. The lowest BCUT2D eigenvalue weighted by atomic mass is 9.75. The summed E-state index contributed by atoms with van der Waals surface area (Å²) in [6.07, 6.45) is 11.7. The van der Waals surface area contributed by atoms with Crippen molar-refractivity contribution in [3.05, 3.63) is 35.9 Å². The van der Waals surface area contributed by atoms with Crippen LogP contribution in [0, 0.1) is 29.6 Å². The summed E-state index contributed by atoms with van der Waals surface area (Å²) >= 11 is 0. The maximum absolute atomic E-state index is 12.9. The Morgan fingerprint density at radius 3 is 1.78 bits per heavy atom. The van der Waals surface area contributed by atoms with Crippen LogP contribution in [0.4, 0.5) is 0 Å². The minimum atomic E-state index is -0.175. The van der Waals surface area contributed by atoms with Crippen LogP contribution >= 0.6 is 0 Å². The van der Waals surface area contributed by atoms with Crippen LogP contribution in [-0.4, -0.2) is 11.4 Å². The molecule has 1 aromatic carbocycles. The molecule has 32 heavy (non-hydrogen) atoms. The zero-order valence-corrected chi connectivity index (χ0v) is 22.5. The molecule has 184 valence electrons. The SMILES string of the molecule is CC(C)CCCC(C)CCCC(C)CCCC(C)(NC(=O)c1ccccc1)C(C)C(C)C. The van der Waals surface area contributed by atoms with Gasteiger partial charge in [-0.3, -0.25) is 4.79 Å². The molecule has 4 atom stereocenters. The normalized spacial score (nSPS) is 16.6. The van der Waals surface area contributed by atoms with E-state index in [2.05, 4.69) is 60.7 Å². The Bertz CT molecular complexity index is 623. The van der Waals surface area contributed by atoms with Gasteiger partial charge in [0, 0.05) is 11.1 Å². The van der Waals surface area contributed by atoms with Crippen LogP contribution in [0.3, 0.4) is 0 Å². The second-order valence-corrected chi connectivity index (χ2v) is 11.6. The lowest BCUT2D eigenvalue weighted by Gasteiger charge is -2.39. The molecule has 0 saturated carbocycles. The third-order valence-corrected chi connectivity index (χ3v) is 7.71. The summed E-state index contributed by atoms with van der Waals surface area (Å²) in [5.41, 5.74) is 0.580. The predicted molar refractivity (Wildman–Crippen MR) is 141 cm³/mol. The number of nitrogens with one attached hydrogen (secondary N) is 1. The van der Waals surface area contributed by atoms with Crippen LogP contribution < -0.4 is 5.32 Å². The van der Waals surface area contributed by atoms with Gasteiger partial charge < -0.3 is 5.32 Å². The van der Waals surface area contributed by atoms with Crippen molar-refractivity contribution in [1.29, 1.82) is 0 Å². The number of amides is 1. The van der Waals surface area contributed by atoms with E-state index < -0.39 is 0 Å². The van der Waals surface area contributed by atoms with E-state index in [1.807, 2.05) is 30.3 Å². The van der Waals surface area contributed by atoms with Gasteiger partial charge in [-0.25, -0.2) is 0 Å². The fourth-order valence-electron chi connectivity index (χ4n) is 4.86. The minimum Gasteiger partial charge on any atom is -0.347 e. The number of benzene rings is 1. The van der Waals surface area contributed by atoms with Crippen LogP contribution in [0.15, 0.2) is 30.3 Å². The average molecular weight is 444 g/mol. The smallest absolute Gasteiger partial charge is 0.251 e. The Morgan fingerprint density at radius 2 is 1.28 bits per heavy atom. The summed E-state index contributed by atoms with van der Waals surface area (Å²) in [5, 5.41) is 3.41. The van der Waals surface area contributed by atoms with Crippen LogP contribution in [0.25, 0.3) is 0 Å². The van der Waals surface area contributed by atoms with Crippen molar-refractivity contribution in [2.24, 2.45) is 29.6 Å². The Labute approximate surface area is 200 Å². The Morgan fingerprint density at radius 1 is 0.781 bits per heavy atom. The van der Waals surface area contributed by atoms with Gasteiger partial charge in [-0.1, -0.05) is 118 Å². The van der Waals surface area contributed by atoms with Crippen LogP contribution in [-0.2, 0) is 0 Å². The van der Waals surface area contributed by atoms with E-state index in [1.54, 1.807) is 0 Å². The van der Waals surface area contributed by atoms with E-state index in [4.69, 9.17) is 0 Å². The molecule has 0 fully saturated rings. The summed E-state index contributed by atoms with van der Waals surface area (Å²) < 4.78 is 0. The van der Waals surface area contributed by atoms with Gasteiger partial charge in [-0.2, -0.15) is 0 Å². The molecule has 0 aromatic heterocycles. The molecule has 1 N–H and O–H groups in total. The largest absolute Gasteiger partial charge is 0.347 e. The number of carbonyl (C=O) groups is 1. The number of carbonyl (C=O) groups excluding carboxylic acids is 1. The van der Waals surface area contributed by atoms with Gasteiger partial charge in [0.05, 0.1) is 0 Å². The number of hydrogen-bond donors (Lipinski definition) is 1. The fourth-order valence-corrected chi connectivity index (χ4v) is 4.86. The summed E-state index contributed by atoms with van der Waals surface area (Å²) in [5.74, 6) is 3.48. The van der Waals surface area contributed by atoms with Crippen molar-refractivity contribution < 1.29 is 4.79 Å². The fraction of sp³-hybridized carbons (Fsp3) is 0.767. The first-order valence-electron chi connectivity index (χ1n) is 13.4. The second-order valence-electron chi connectivity index (χ2n) is 11.6. The maximum Gasteiger partial charge on any atom is 0.251 e. The van der Waals surface area contributed by atoms with Crippen molar-refractivity contribution in [3.63, 3.8) is 0 Å². The molecule has 1 rings (SSSR count). The quantitative estimate of drug-likeness (QED) is 0.271. The van der Waals surface area contributed by atoms with Crippen molar-refractivity contribution in [1.82, 2.24) is 5.32 Å². The molecule has 2 nitrogen and oxygen atoms in total. The molecule has 0 saturated heterocycles. The lowest BCUT2D eigenvalue weighted by molar-refractivity contribution is 0.0831. The first-order chi connectivity index (χ1) is 15.0. The molecule has 0 bridgehead atoms. The highest BCUT2D eigenvalue weighted by Crippen LogP contribution is 2.31. The zero-order valence-electron chi connectivity index (χ0n) is 22.5. The van der Waals surface area contributed by atoms with E-state index in [0.717, 1.165) is 29.7 Å². The highest BCUT2D eigenvalue weighted by Gasteiger charge is 2.34. The van der Waals surface area contributed by atoms with E-state index in [-0.39, 0.29) is 11.4 Å². The molecule has 1 amide bonds. The van der Waals surface area contributed by atoms with Gasteiger partial charge in [0.1, 0.15) is 0 Å². The molecule has 0 aliphatic rings. The Hall–Kier alpha value is -1.31. The lowest BCUT2D eigenvalue weighted by Crippen LogP contribution is -2.52. The van der Waals surface area contributed by atoms with Gasteiger partial charge in [-0.05, 0) is 55.1 Å². The third-order valence-electron chi connectivity index (χ3n) is 7.71. The summed E-state index contributed by atoms with van der Waals surface area (Å²) in [6.45, 7) is 18.6. The maximum atomic E-state index is 12.9. The third kappa shape index (κ3) is 11.0. The van der Waals surface area contributed by atoms with Crippen LogP contribution in [0.5, 0.6) is 0 Å². The van der Waals surface area contributed by atoms with Crippen molar-refractivity contribution in [2.45, 2.75) is 119 Å². The molecule has 4 unspecified atom stereocenters. The summed E-state index contributed by atoms with van der Waals surface area (Å²) in [4.78, 5) is 12.9. The standard InChI is InChI=1S/C30H53NO/c1-23(2)15-12-16-25(5)17-13-18-26(6)19-14-22-30(8,27(7)24(3)4)31-29(32)28-20-10-9-11-21-28/h9-11,20-21,23-27H,12-19,22H2,1-8H3,(H,31,32). The summed E-state index contributed by atoms with van der Waals surface area (Å²) in [7, 11) is 0. The Balaban J connectivity index is 2.47. The molecule has 0 radical (unpaired) electrons. The first-order valence-corrected chi connectivity index (χ1v) is 13.4. The second kappa shape index (κ2) is 14.8. The van der Waals surface area contributed by atoms with E-state index in [0.29, 0.717) is 11.8 Å². The van der Waals surface area contributed by atoms with Crippen LogP contribution in [0.1, 0.15) is 124 Å². The van der Waals surface area contributed by atoms with Gasteiger partial charge in [0.25, 0.3) is 5.91 Å². The number of hydrogen-bond acceptors (Lipinski definition) is 1. The molecule has 1 aromatic rings. The molecule has 0 aliphatic carbocycles. The molecule has 0 heterocycles. The van der Waals surface area contributed by atoms with E-state index >= 15 is 0 Å². The molecular weight excluding hydrogens is 390 g/mol. The first kappa shape index (κ1) is 28.7. The van der Waals surface area contributed by atoms with Gasteiger partial charge in [-0.15, -0.1) is 0 Å². The van der Waals surface area contributed by atoms with Crippen LogP contribution in [0.2, 0.25) is 0 Å². The number of rotatable bonds is 16. The van der Waals surface area contributed by atoms with Gasteiger partial charge in [0.2, 0.25) is 0 Å². The average Bonchev–Trinajstić information content (AvgIpc) is 2.73. The van der Waals surface area contributed by atoms with E-state index in [9.17, 15) is 4.79 Å². The van der Waals surface area contributed by atoms with Crippen molar-refractivity contribution >= 4 is 5.91 Å². The highest BCUT2D eigenvalue weighted by molar-refractivity contribution is 5.94. The molecule has 0 spiro atoms. The highest BCUT2D eigenvalue weighted by atomic mass is 16.1. The molecule has 2 heteroatoms. The monoisotopic (exact) mass is 443 g/mol. The minimum absolute atomic E-state index is 0.0557.